The quantitative estimate of drug-likeness (QED) is 0.675. The van der Waals surface area contributed by atoms with Gasteiger partial charge >= 0.3 is 0 Å². The fourth-order valence-electron chi connectivity index (χ4n) is 3.26. The lowest BCUT2D eigenvalue weighted by Gasteiger charge is -2.43. The SMILES string of the molecule is COc1cc(C(=O)N2CCOC3(COCCN(CC(=O)N(C)C)C3)C2)on1. The Hall–Kier alpha value is -2.17. The van der Waals surface area contributed by atoms with Crippen LogP contribution in [0.1, 0.15) is 10.6 Å². The zero-order valence-corrected chi connectivity index (χ0v) is 16.0. The molecule has 2 aliphatic rings. The van der Waals surface area contributed by atoms with E-state index < -0.39 is 5.60 Å². The Morgan fingerprint density at radius 1 is 1.30 bits per heavy atom. The maximum absolute atomic E-state index is 12.8. The maximum Gasteiger partial charge on any atom is 0.292 e. The van der Waals surface area contributed by atoms with E-state index in [2.05, 4.69) is 5.16 Å². The predicted octanol–water partition coefficient (Wildman–Crippen LogP) is -0.685. The zero-order chi connectivity index (χ0) is 19.4. The van der Waals surface area contributed by atoms with Crippen molar-refractivity contribution in [3.63, 3.8) is 0 Å². The number of hydrogen-bond donors (Lipinski definition) is 0. The van der Waals surface area contributed by atoms with E-state index in [1.807, 2.05) is 4.90 Å². The zero-order valence-electron chi connectivity index (χ0n) is 16.0. The maximum atomic E-state index is 12.8. The molecule has 0 aromatic carbocycles. The number of carbonyl (C=O) groups is 2. The fraction of sp³-hybridized carbons (Fsp3) is 0.706. The molecular weight excluding hydrogens is 356 g/mol. The molecule has 0 N–H and O–H groups in total. The number of likely N-dealkylation sites (N-methyl/N-ethyl adjacent to an activating group) is 1. The molecule has 2 aliphatic heterocycles. The van der Waals surface area contributed by atoms with E-state index in [0.29, 0.717) is 46.0 Å². The van der Waals surface area contributed by atoms with Crippen molar-refractivity contribution in [2.24, 2.45) is 0 Å². The molecule has 3 heterocycles. The van der Waals surface area contributed by atoms with Crippen LogP contribution in [0.15, 0.2) is 10.6 Å². The van der Waals surface area contributed by atoms with Crippen LogP contribution in [0.2, 0.25) is 0 Å². The second-order valence-corrected chi connectivity index (χ2v) is 7.04. The number of morpholine rings is 1. The van der Waals surface area contributed by atoms with Crippen LogP contribution < -0.4 is 4.74 Å². The Balaban J connectivity index is 1.70. The van der Waals surface area contributed by atoms with Gasteiger partial charge in [0.2, 0.25) is 11.7 Å². The van der Waals surface area contributed by atoms with E-state index in [9.17, 15) is 9.59 Å². The van der Waals surface area contributed by atoms with Crippen molar-refractivity contribution < 1.29 is 28.3 Å². The van der Waals surface area contributed by atoms with Crippen LogP contribution in [0.3, 0.4) is 0 Å². The van der Waals surface area contributed by atoms with Gasteiger partial charge in [0, 0.05) is 33.7 Å². The summed E-state index contributed by atoms with van der Waals surface area (Å²) in [5, 5.41) is 3.68. The van der Waals surface area contributed by atoms with E-state index in [4.69, 9.17) is 18.7 Å². The molecule has 1 spiro atoms. The third kappa shape index (κ3) is 4.57. The van der Waals surface area contributed by atoms with Gasteiger partial charge in [0.15, 0.2) is 0 Å². The lowest BCUT2D eigenvalue weighted by Crippen LogP contribution is -2.60. The summed E-state index contributed by atoms with van der Waals surface area (Å²) >= 11 is 0. The monoisotopic (exact) mass is 382 g/mol. The van der Waals surface area contributed by atoms with Crippen LogP contribution in [0.25, 0.3) is 0 Å². The molecule has 2 fully saturated rings. The number of ether oxygens (including phenoxy) is 3. The third-order valence-electron chi connectivity index (χ3n) is 4.73. The number of amides is 2. The summed E-state index contributed by atoms with van der Waals surface area (Å²) in [5.74, 6) is 0.128. The topological polar surface area (TPSA) is 97.6 Å². The molecule has 1 aromatic heterocycles. The van der Waals surface area contributed by atoms with Gasteiger partial charge in [-0.25, -0.2) is 0 Å². The molecule has 3 rings (SSSR count). The van der Waals surface area contributed by atoms with Crippen LogP contribution in [-0.2, 0) is 14.3 Å². The van der Waals surface area contributed by atoms with Crippen molar-refractivity contribution in [3.05, 3.63) is 11.8 Å². The van der Waals surface area contributed by atoms with E-state index >= 15 is 0 Å². The highest BCUT2D eigenvalue weighted by Crippen LogP contribution is 2.24. The lowest BCUT2D eigenvalue weighted by molar-refractivity contribution is -0.139. The van der Waals surface area contributed by atoms with Crippen LogP contribution in [-0.4, -0.2) is 111 Å². The average Bonchev–Trinajstić information content (AvgIpc) is 3.06. The van der Waals surface area contributed by atoms with Gasteiger partial charge in [-0.15, -0.1) is 0 Å². The van der Waals surface area contributed by atoms with Gasteiger partial charge in [-0.1, -0.05) is 0 Å². The van der Waals surface area contributed by atoms with Gasteiger partial charge in [0.25, 0.3) is 11.8 Å². The summed E-state index contributed by atoms with van der Waals surface area (Å²) in [7, 11) is 4.92. The molecule has 0 radical (unpaired) electrons. The van der Waals surface area contributed by atoms with Crippen molar-refractivity contribution in [1.82, 2.24) is 19.9 Å². The number of methoxy groups -OCH3 is 1. The first kappa shape index (κ1) is 19.6. The summed E-state index contributed by atoms with van der Waals surface area (Å²) in [6, 6.07) is 1.47. The minimum absolute atomic E-state index is 0.0181. The van der Waals surface area contributed by atoms with Gasteiger partial charge in [0.05, 0.1) is 46.1 Å². The third-order valence-corrected chi connectivity index (χ3v) is 4.73. The van der Waals surface area contributed by atoms with E-state index in [1.165, 1.54) is 13.2 Å². The summed E-state index contributed by atoms with van der Waals surface area (Å²) < 4.78 is 21.8. The van der Waals surface area contributed by atoms with Gasteiger partial charge in [0.1, 0.15) is 5.60 Å². The molecule has 0 bridgehead atoms. The van der Waals surface area contributed by atoms with Crippen molar-refractivity contribution >= 4 is 11.8 Å². The van der Waals surface area contributed by atoms with Crippen molar-refractivity contribution in [2.75, 3.05) is 73.7 Å². The molecule has 1 aromatic rings. The highest BCUT2D eigenvalue weighted by atomic mass is 16.6. The van der Waals surface area contributed by atoms with Gasteiger partial charge < -0.3 is 28.5 Å². The number of hydrogen-bond acceptors (Lipinski definition) is 8. The first-order valence-electron chi connectivity index (χ1n) is 8.87. The Bertz CT molecular complexity index is 678. The summed E-state index contributed by atoms with van der Waals surface area (Å²) in [6.45, 7) is 3.49. The van der Waals surface area contributed by atoms with Crippen molar-refractivity contribution in [1.29, 1.82) is 0 Å². The van der Waals surface area contributed by atoms with Gasteiger partial charge in [-0.3, -0.25) is 14.5 Å². The number of rotatable bonds is 4. The van der Waals surface area contributed by atoms with Crippen molar-refractivity contribution in [2.45, 2.75) is 5.60 Å². The summed E-state index contributed by atoms with van der Waals surface area (Å²) in [6.07, 6.45) is 0. The van der Waals surface area contributed by atoms with Crippen molar-refractivity contribution in [3.8, 4) is 5.88 Å². The Labute approximate surface area is 157 Å². The van der Waals surface area contributed by atoms with E-state index in [1.54, 1.807) is 23.9 Å². The number of carbonyl (C=O) groups excluding carboxylic acids is 2. The first-order chi connectivity index (χ1) is 12.9. The molecular formula is C17H26N4O6. The van der Waals surface area contributed by atoms with Crippen LogP contribution >= 0.6 is 0 Å². The molecule has 2 saturated heterocycles. The Morgan fingerprint density at radius 3 is 2.81 bits per heavy atom. The highest BCUT2D eigenvalue weighted by molar-refractivity contribution is 5.91. The molecule has 0 saturated carbocycles. The first-order valence-corrected chi connectivity index (χ1v) is 8.87. The molecule has 10 heteroatoms. The number of aromatic nitrogens is 1. The standard InChI is InChI=1S/C17H26N4O6/c1-19(2)15(22)9-20-4-6-25-12-17(10-20)11-21(5-7-26-17)16(23)13-8-14(24-3)18-27-13/h8H,4-7,9-12H2,1-3H3. The van der Waals surface area contributed by atoms with Crippen LogP contribution in [0.4, 0.5) is 0 Å². The fourth-order valence-corrected chi connectivity index (χ4v) is 3.26. The highest BCUT2D eigenvalue weighted by Gasteiger charge is 2.42. The lowest BCUT2D eigenvalue weighted by atomic mass is 10.0. The second kappa shape index (κ2) is 8.24. The van der Waals surface area contributed by atoms with Crippen LogP contribution in [0.5, 0.6) is 5.88 Å². The molecule has 0 aliphatic carbocycles. The smallest absolute Gasteiger partial charge is 0.292 e. The van der Waals surface area contributed by atoms with Gasteiger partial charge in [-0.05, 0) is 5.16 Å². The second-order valence-electron chi connectivity index (χ2n) is 7.04. The van der Waals surface area contributed by atoms with E-state index in [0.717, 1.165) is 0 Å². The molecule has 1 unspecified atom stereocenters. The number of nitrogens with zero attached hydrogens (tertiary/aromatic N) is 4. The summed E-state index contributed by atoms with van der Waals surface area (Å²) in [4.78, 5) is 30.1. The molecule has 27 heavy (non-hydrogen) atoms. The summed E-state index contributed by atoms with van der Waals surface area (Å²) in [5.41, 5.74) is -0.679. The predicted molar refractivity (Wildman–Crippen MR) is 93.6 cm³/mol. The molecule has 1 atom stereocenters. The molecule has 10 nitrogen and oxygen atoms in total. The normalized spacial score (nSPS) is 23.9. The van der Waals surface area contributed by atoms with Crippen LogP contribution in [0, 0.1) is 0 Å². The average molecular weight is 382 g/mol. The minimum Gasteiger partial charge on any atom is -0.479 e. The van der Waals surface area contributed by atoms with Gasteiger partial charge in [-0.2, -0.15) is 0 Å². The van der Waals surface area contributed by atoms with E-state index in [-0.39, 0.29) is 30.0 Å². The Morgan fingerprint density at radius 2 is 2.11 bits per heavy atom. The minimum atomic E-state index is -0.679. The largest absolute Gasteiger partial charge is 0.479 e. The Kier molecular flexibility index (Phi) is 5.98. The molecule has 2 amide bonds. The molecule has 150 valence electrons.